The summed E-state index contributed by atoms with van der Waals surface area (Å²) in [7, 11) is 0. The van der Waals surface area contributed by atoms with Crippen LogP contribution in [0.2, 0.25) is 0 Å². The lowest BCUT2D eigenvalue weighted by Gasteiger charge is -2.27. The van der Waals surface area contributed by atoms with E-state index in [0.717, 1.165) is 29.9 Å². The van der Waals surface area contributed by atoms with Crippen LogP contribution in [0.5, 0.6) is 0 Å². The van der Waals surface area contributed by atoms with Crippen LogP contribution in [-0.2, 0) is 10.5 Å². The third-order valence-electron chi connectivity index (χ3n) is 3.82. The van der Waals surface area contributed by atoms with E-state index in [9.17, 15) is 0 Å². The van der Waals surface area contributed by atoms with Crippen molar-refractivity contribution in [3.05, 3.63) is 42.0 Å². The molecule has 130 valence electrons. The SMILES string of the molecule is Cc1nc(CSc2nnc(N3CCOCC3)n2-c2ccccc2)no1. The fraction of sp³-hybridized carbons (Fsp3) is 0.375. The first kappa shape index (κ1) is 16.1. The molecule has 0 saturated carbocycles. The zero-order valence-electron chi connectivity index (χ0n) is 13.8. The summed E-state index contributed by atoms with van der Waals surface area (Å²) in [5, 5.41) is 13.6. The van der Waals surface area contributed by atoms with Gasteiger partial charge in [0.15, 0.2) is 11.0 Å². The molecule has 25 heavy (non-hydrogen) atoms. The summed E-state index contributed by atoms with van der Waals surface area (Å²) in [5.74, 6) is 2.62. The molecule has 0 atom stereocenters. The Kier molecular flexibility index (Phi) is 4.66. The maximum absolute atomic E-state index is 5.45. The summed E-state index contributed by atoms with van der Waals surface area (Å²) in [4.78, 5) is 6.44. The summed E-state index contributed by atoms with van der Waals surface area (Å²) in [6.45, 7) is 4.79. The predicted octanol–water partition coefficient (Wildman–Crippen LogP) is 2.09. The quantitative estimate of drug-likeness (QED) is 0.641. The number of benzene rings is 1. The van der Waals surface area contributed by atoms with Crippen molar-refractivity contribution < 1.29 is 9.26 Å². The number of thioether (sulfide) groups is 1. The minimum absolute atomic E-state index is 0.564. The van der Waals surface area contributed by atoms with E-state index in [1.807, 2.05) is 18.2 Å². The number of hydrogen-bond acceptors (Lipinski definition) is 8. The van der Waals surface area contributed by atoms with Crippen molar-refractivity contribution in [2.45, 2.75) is 17.8 Å². The van der Waals surface area contributed by atoms with Gasteiger partial charge in [0, 0.05) is 20.0 Å². The summed E-state index contributed by atoms with van der Waals surface area (Å²) in [5.41, 5.74) is 1.03. The topological polar surface area (TPSA) is 82.1 Å². The molecule has 0 amide bonds. The predicted molar refractivity (Wildman–Crippen MR) is 93.0 cm³/mol. The molecule has 0 unspecified atom stereocenters. The molecule has 8 nitrogen and oxygen atoms in total. The second-order valence-corrected chi connectivity index (χ2v) is 6.51. The van der Waals surface area contributed by atoms with Crippen molar-refractivity contribution in [1.82, 2.24) is 24.9 Å². The Morgan fingerprint density at radius 2 is 1.92 bits per heavy atom. The number of aromatic nitrogens is 5. The van der Waals surface area contributed by atoms with Crippen LogP contribution >= 0.6 is 11.8 Å². The van der Waals surface area contributed by atoms with E-state index in [-0.39, 0.29) is 0 Å². The fourth-order valence-corrected chi connectivity index (χ4v) is 3.45. The molecule has 0 bridgehead atoms. The van der Waals surface area contributed by atoms with Crippen LogP contribution in [-0.4, -0.2) is 51.2 Å². The van der Waals surface area contributed by atoms with Gasteiger partial charge in [0.2, 0.25) is 11.8 Å². The molecule has 2 aromatic heterocycles. The normalized spacial score (nSPS) is 14.8. The van der Waals surface area contributed by atoms with E-state index in [2.05, 4.69) is 41.9 Å². The first-order chi connectivity index (χ1) is 12.3. The van der Waals surface area contributed by atoms with Crippen LogP contribution in [0.4, 0.5) is 5.95 Å². The molecule has 1 fully saturated rings. The van der Waals surface area contributed by atoms with E-state index in [0.29, 0.717) is 30.7 Å². The summed E-state index contributed by atoms with van der Waals surface area (Å²) < 4.78 is 12.6. The van der Waals surface area contributed by atoms with Crippen molar-refractivity contribution in [2.75, 3.05) is 31.2 Å². The first-order valence-electron chi connectivity index (χ1n) is 8.07. The van der Waals surface area contributed by atoms with Gasteiger partial charge in [0.1, 0.15) is 0 Å². The van der Waals surface area contributed by atoms with Crippen molar-refractivity contribution >= 4 is 17.7 Å². The Hall–Kier alpha value is -2.39. The Bertz CT molecular complexity index is 828. The number of para-hydroxylation sites is 1. The monoisotopic (exact) mass is 358 g/mol. The average molecular weight is 358 g/mol. The first-order valence-corrected chi connectivity index (χ1v) is 9.05. The van der Waals surface area contributed by atoms with Crippen LogP contribution in [0.3, 0.4) is 0 Å². The van der Waals surface area contributed by atoms with E-state index >= 15 is 0 Å². The van der Waals surface area contributed by atoms with Crippen molar-refractivity contribution in [3.8, 4) is 5.69 Å². The molecule has 1 aromatic carbocycles. The average Bonchev–Trinajstić information content (AvgIpc) is 3.27. The second kappa shape index (κ2) is 7.24. The van der Waals surface area contributed by atoms with Crippen LogP contribution in [0.1, 0.15) is 11.7 Å². The van der Waals surface area contributed by atoms with Gasteiger partial charge in [-0.2, -0.15) is 4.98 Å². The maximum Gasteiger partial charge on any atom is 0.232 e. The highest BCUT2D eigenvalue weighted by Gasteiger charge is 2.22. The van der Waals surface area contributed by atoms with Crippen molar-refractivity contribution in [1.29, 1.82) is 0 Å². The molecule has 4 rings (SSSR count). The van der Waals surface area contributed by atoms with E-state index in [4.69, 9.17) is 9.26 Å². The molecule has 9 heteroatoms. The number of rotatable bonds is 5. The third kappa shape index (κ3) is 3.52. The summed E-state index contributed by atoms with van der Waals surface area (Å²) >= 11 is 1.54. The van der Waals surface area contributed by atoms with Gasteiger partial charge in [-0.15, -0.1) is 10.2 Å². The molecule has 1 aliphatic heterocycles. The smallest absolute Gasteiger partial charge is 0.232 e. The van der Waals surface area contributed by atoms with Crippen LogP contribution in [0.15, 0.2) is 40.0 Å². The van der Waals surface area contributed by atoms with Gasteiger partial charge in [0.05, 0.1) is 24.7 Å². The highest BCUT2D eigenvalue weighted by molar-refractivity contribution is 7.98. The van der Waals surface area contributed by atoms with Crippen molar-refractivity contribution in [2.24, 2.45) is 0 Å². The minimum Gasteiger partial charge on any atom is -0.378 e. The summed E-state index contributed by atoms with van der Waals surface area (Å²) in [6, 6.07) is 10.1. The van der Waals surface area contributed by atoms with E-state index in [1.54, 1.807) is 6.92 Å². The molecular formula is C16H18N6O2S. The number of morpholine rings is 1. The van der Waals surface area contributed by atoms with E-state index in [1.165, 1.54) is 11.8 Å². The molecule has 0 spiro atoms. The highest BCUT2D eigenvalue weighted by Crippen LogP contribution is 2.28. The van der Waals surface area contributed by atoms with Gasteiger partial charge >= 0.3 is 0 Å². The van der Waals surface area contributed by atoms with Gasteiger partial charge in [-0.3, -0.25) is 4.57 Å². The minimum atomic E-state index is 0.564. The van der Waals surface area contributed by atoms with Crippen LogP contribution in [0.25, 0.3) is 5.69 Å². The largest absolute Gasteiger partial charge is 0.378 e. The summed E-state index contributed by atoms with van der Waals surface area (Å²) in [6.07, 6.45) is 0. The van der Waals surface area contributed by atoms with Crippen LogP contribution < -0.4 is 4.90 Å². The standard InChI is InChI=1S/C16H18N6O2S/c1-12-17-14(20-24-12)11-25-16-19-18-15(21-7-9-23-10-8-21)22(16)13-5-3-2-4-6-13/h2-6H,7-11H2,1H3. The number of hydrogen-bond donors (Lipinski definition) is 0. The zero-order chi connectivity index (χ0) is 17.1. The maximum atomic E-state index is 5.45. The molecule has 3 aromatic rings. The number of nitrogens with zero attached hydrogens (tertiary/aromatic N) is 6. The lowest BCUT2D eigenvalue weighted by molar-refractivity contribution is 0.122. The lowest BCUT2D eigenvalue weighted by atomic mass is 10.3. The van der Waals surface area contributed by atoms with Gasteiger partial charge < -0.3 is 14.2 Å². The van der Waals surface area contributed by atoms with E-state index < -0.39 is 0 Å². The van der Waals surface area contributed by atoms with Gasteiger partial charge in [0.25, 0.3) is 0 Å². The molecule has 1 aliphatic rings. The molecular weight excluding hydrogens is 340 g/mol. The second-order valence-electron chi connectivity index (χ2n) is 5.57. The van der Waals surface area contributed by atoms with Crippen molar-refractivity contribution in [3.63, 3.8) is 0 Å². The highest BCUT2D eigenvalue weighted by atomic mass is 32.2. The van der Waals surface area contributed by atoms with Gasteiger partial charge in [-0.05, 0) is 12.1 Å². The number of anilines is 1. The Balaban J connectivity index is 1.64. The molecule has 1 saturated heterocycles. The number of aryl methyl sites for hydroxylation is 1. The Morgan fingerprint density at radius 3 is 2.64 bits per heavy atom. The molecule has 0 radical (unpaired) electrons. The molecule has 0 aliphatic carbocycles. The Morgan fingerprint density at radius 1 is 1.12 bits per heavy atom. The molecule has 3 heterocycles. The zero-order valence-corrected chi connectivity index (χ0v) is 14.6. The number of ether oxygens (including phenoxy) is 1. The lowest BCUT2D eigenvalue weighted by Crippen LogP contribution is -2.37. The van der Waals surface area contributed by atoms with Gasteiger partial charge in [-0.1, -0.05) is 35.1 Å². The fourth-order valence-electron chi connectivity index (χ4n) is 2.66. The Labute approximate surface area is 149 Å². The third-order valence-corrected chi connectivity index (χ3v) is 4.75. The van der Waals surface area contributed by atoms with Crippen LogP contribution in [0, 0.1) is 6.92 Å². The van der Waals surface area contributed by atoms with Gasteiger partial charge in [-0.25, -0.2) is 0 Å². The molecule has 0 N–H and O–H groups in total.